The number of hydrogen-bond donors (Lipinski definition) is 0. The van der Waals surface area contributed by atoms with Crippen LogP contribution >= 0.6 is 0 Å². The maximum atomic E-state index is 12.9. The van der Waals surface area contributed by atoms with Crippen LogP contribution in [0, 0.1) is 0 Å². The predicted molar refractivity (Wildman–Crippen MR) is 98.0 cm³/mol. The number of carbonyl (C=O) groups is 1. The van der Waals surface area contributed by atoms with Crippen LogP contribution in [0.3, 0.4) is 0 Å². The average Bonchev–Trinajstić information content (AvgIpc) is 2.71. The number of carbonyl (C=O) groups excluding carboxylic acids is 1. The number of hydrogen-bond acceptors (Lipinski definition) is 7. The Labute approximate surface area is 157 Å². The summed E-state index contributed by atoms with van der Waals surface area (Å²) in [5.74, 6) is 2.54. The fourth-order valence-electron chi connectivity index (χ4n) is 3.17. The fourth-order valence-corrected chi connectivity index (χ4v) is 3.17. The summed E-state index contributed by atoms with van der Waals surface area (Å²) in [5.41, 5.74) is 1.14. The van der Waals surface area contributed by atoms with Gasteiger partial charge in [-0.25, -0.2) is 0 Å². The zero-order valence-corrected chi connectivity index (χ0v) is 16.0. The first-order chi connectivity index (χ1) is 13.1. The molecule has 0 fully saturated rings. The summed E-state index contributed by atoms with van der Waals surface area (Å²) in [5, 5.41) is 0. The topological polar surface area (TPSA) is 72.5 Å². The van der Waals surface area contributed by atoms with E-state index in [1.165, 1.54) is 21.3 Å². The van der Waals surface area contributed by atoms with Crippen molar-refractivity contribution in [3.63, 3.8) is 0 Å². The van der Waals surface area contributed by atoms with Crippen molar-refractivity contribution in [2.24, 2.45) is 0 Å². The molecule has 0 aromatic heterocycles. The molecule has 0 N–H and O–H groups in total. The first kappa shape index (κ1) is 18.7. The molecule has 3 rings (SSSR count). The molecule has 2 aromatic rings. The van der Waals surface area contributed by atoms with E-state index in [4.69, 9.17) is 28.4 Å². The third-order valence-electron chi connectivity index (χ3n) is 4.50. The molecule has 0 amide bonds. The highest BCUT2D eigenvalue weighted by Crippen LogP contribution is 2.50. The predicted octanol–water partition coefficient (Wildman–Crippen LogP) is 3.44. The van der Waals surface area contributed by atoms with Gasteiger partial charge in [0, 0.05) is 6.07 Å². The van der Waals surface area contributed by atoms with Gasteiger partial charge >= 0.3 is 0 Å². The SMILES string of the molecule is COc1ccc([C@@H]2CC(=O)c3c(OC)cc(OC)c(OC)c3O2)cc1OC. The van der Waals surface area contributed by atoms with Gasteiger partial charge in [-0.1, -0.05) is 6.07 Å². The highest BCUT2D eigenvalue weighted by Gasteiger charge is 2.35. The minimum Gasteiger partial charge on any atom is -0.496 e. The molecule has 144 valence electrons. The van der Waals surface area contributed by atoms with Crippen molar-refractivity contribution in [2.75, 3.05) is 35.5 Å². The van der Waals surface area contributed by atoms with Crippen molar-refractivity contribution >= 4 is 5.78 Å². The largest absolute Gasteiger partial charge is 0.496 e. The van der Waals surface area contributed by atoms with Crippen LogP contribution in [0.15, 0.2) is 24.3 Å². The Bertz CT molecular complexity index is 860. The van der Waals surface area contributed by atoms with E-state index in [-0.39, 0.29) is 12.2 Å². The molecule has 0 radical (unpaired) electrons. The van der Waals surface area contributed by atoms with Gasteiger partial charge in [-0.2, -0.15) is 0 Å². The zero-order valence-electron chi connectivity index (χ0n) is 16.0. The quantitative estimate of drug-likeness (QED) is 0.767. The molecular formula is C20H22O7. The Morgan fingerprint density at radius 2 is 1.48 bits per heavy atom. The molecule has 1 atom stereocenters. The number of benzene rings is 2. The third kappa shape index (κ3) is 3.20. The van der Waals surface area contributed by atoms with Crippen LogP contribution in [0.2, 0.25) is 0 Å². The number of ketones is 1. The molecule has 7 heteroatoms. The van der Waals surface area contributed by atoms with Crippen LogP contribution in [0.25, 0.3) is 0 Å². The van der Waals surface area contributed by atoms with Gasteiger partial charge < -0.3 is 28.4 Å². The number of ether oxygens (including phenoxy) is 6. The molecule has 0 saturated heterocycles. The summed E-state index contributed by atoms with van der Waals surface area (Å²) < 4.78 is 32.9. The summed E-state index contributed by atoms with van der Waals surface area (Å²) in [7, 11) is 7.63. The van der Waals surface area contributed by atoms with Crippen LogP contribution in [0.1, 0.15) is 28.4 Å². The van der Waals surface area contributed by atoms with Crippen molar-refractivity contribution in [2.45, 2.75) is 12.5 Å². The van der Waals surface area contributed by atoms with Crippen molar-refractivity contribution in [3.05, 3.63) is 35.4 Å². The first-order valence-corrected chi connectivity index (χ1v) is 8.32. The smallest absolute Gasteiger partial charge is 0.204 e. The van der Waals surface area contributed by atoms with Gasteiger partial charge in [0.1, 0.15) is 17.4 Å². The van der Waals surface area contributed by atoms with Crippen LogP contribution in [-0.2, 0) is 0 Å². The maximum absolute atomic E-state index is 12.9. The van der Waals surface area contributed by atoms with E-state index in [0.29, 0.717) is 40.1 Å². The molecule has 1 aliphatic rings. The van der Waals surface area contributed by atoms with Gasteiger partial charge in [-0.15, -0.1) is 0 Å². The molecule has 1 aliphatic heterocycles. The molecule has 2 aromatic carbocycles. The van der Waals surface area contributed by atoms with Gasteiger partial charge in [0.05, 0.1) is 42.0 Å². The minimum atomic E-state index is -0.504. The molecule has 0 unspecified atom stereocenters. The summed E-state index contributed by atoms with van der Waals surface area (Å²) >= 11 is 0. The summed E-state index contributed by atoms with van der Waals surface area (Å²) in [4.78, 5) is 12.9. The Morgan fingerprint density at radius 1 is 0.815 bits per heavy atom. The highest BCUT2D eigenvalue weighted by atomic mass is 16.5. The second kappa shape index (κ2) is 7.65. The lowest BCUT2D eigenvalue weighted by atomic mass is 9.94. The van der Waals surface area contributed by atoms with Gasteiger partial charge in [-0.05, 0) is 17.7 Å². The maximum Gasteiger partial charge on any atom is 0.204 e. The Kier molecular flexibility index (Phi) is 5.30. The second-order valence-electron chi connectivity index (χ2n) is 5.87. The first-order valence-electron chi connectivity index (χ1n) is 8.32. The lowest BCUT2D eigenvalue weighted by molar-refractivity contribution is 0.0835. The molecule has 0 saturated carbocycles. The Balaban J connectivity index is 2.09. The van der Waals surface area contributed by atoms with Crippen LogP contribution in [0.4, 0.5) is 0 Å². The molecule has 1 heterocycles. The normalized spacial score (nSPS) is 15.4. The van der Waals surface area contributed by atoms with Gasteiger partial charge in [0.2, 0.25) is 5.75 Å². The molecular weight excluding hydrogens is 352 g/mol. The van der Waals surface area contributed by atoms with Crippen molar-refractivity contribution < 1.29 is 33.2 Å². The van der Waals surface area contributed by atoms with Gasteiger partial charge in [-0.3, -0.25) is 4.79 Å². The Hall–Kier alpha value is -3.09. The fraction of sp³-hybridized carbons (Fsp3) is 0.350. The molecule has 0 aliphatic carbocycles. The van der Waals surface area contributed by atoms with E-state index in [1.54, 1.807) is 32.4 Å². The molecule has 7 nitrogen and oxygen atoms in total. The number of rotatable bonds is 6. The zero-order chi connectivity index (χ0) is 19.6. The van der Waals surface area contributed by atoms with E-state index in [0.717, 1.165) is 5.56 Å². The monoisotopic (exact) mass is 374 g/mol. The lowest BCUT2D eigenvalue weighted by Crippen LogP contribution is -2.22. The average molecular weight is 374 g/mol. The number of Topliss-reactive ketones (excluding diaryl/α,β-unsaturated/α-hetero) is 1. The van der Waals surface area contributed by atoms with E-state index in [9.17, 15) is 4.79 Å². The van der Waals surface area contributed by atoms with Crippen molar-refractivity contribution in [3.8, 4) is 34.5 Å². The van der Waals surface area contributed by atoms with E-state index < -0.39 is 6.10 Å². The Morgan fingerprint density at radius 3 is 2.07 bits per heavy atom. The summed E-state index contributed by atoms with van der Waals surface area (Å²) in [6.45, 7) is 0. The van der Waals surface area contributed by atoms with E-state index in [2.05, 4.69) is 0 Å². The van der Waals surface area contributed by atoms with Crippen LogP contribution in [0.5, 0.6) is 34.5 Å². The van der Waals surface area contributed by atoms with Gasteiger partial charge in [0.15, 0.2) is 28.8 Å². The summed E-state index contributed by atoms with van der Waals surface area (Å²) in [6, 6.07) is 7.04. The summed E-state index contributed by atoms with van der Waals surface area (Å²) in [6.07, 6.45) is -0.343. The minimum absolute atomic E-state index is 0.103. The highest BCUT2D eigenvalue weighted by molar-refractivity contribution is 6.04. The van der Waals surface area contributed by atoms with Crippen molar-refractivity contribution in [1.82, 2.24) is 0 Å². The van der Waals surface area contributed by atoms with Crippen LogP contribution in [-0.4, -0.2) is 41.3 Å². The molecule has 0 bridgehead atoms. The number of fused-ring (bicyclic) bond motifs is 1. The van der Waals surface area contributed by atoms with Gasteiger partial charge in [0.25, 0.3) is 0 Å². The van der Waals surface area contributed by atoms with E-state index >= 15 is 0 Å². The standard InChI is InChI=1S/C20H22O7/c1-22-13-7-6-11(8-15(13)23-2)14-9-12(21)18-16(24-3)10-17(25-4)19(26-5)20(18)27-14/h6-8,10,14H,9H2,1-5H3/t14-/m0/s1. The molecule has 0 spiro atoms. The second-order valence-corrected chi connectivity index (χ2v) is 5.87. The third-order valence-corrected chi connectivity index (χ3v) is 4.50. The number of methoxy groups -OCH3 is 5. The molecule has 27 heavy (non-hydrogen) atoms. The van der Waals surface area contributed by atoms with Crippen LogP contribution < -0.4 is 28.4 Å². The van der Waals surface area contributed by atoms with Crippen molar-refractivity contribution in [1.29, 1.82) is 0 Å². The van der Waals surface area contributed by atoms with E-state index in [1.807, 2.05) is 6.07 Å². The lowest BCUT2D eigenvalue weighted by Gasteiger charge is -2.29.